The zero-order valence-corrected chi connectivity index (χ0v) is 20.2. The van der Waals surface area contributed by atoms with Gasteiger partial charge in [0.05, 0.1) is 17.9 Å². The zero-order chi connectivity index (χ0) is 23.7. The Morgan fingerprint density at radius 1 is 1.15 bits per heavy atom. The van der Waals surface area contributed by atoms with Crippen LogP contribution in [0.2, 0.25) is 0 Å². The lowest BCUT2D eigenvalue weighted by Crippen LogP contribution is -2.35. The Morgan fingerprint density at radius 3 is 2.65 bits per heavy atom. The van der Waals surface area contributed by atoms with Crippen LogP contribution in [0.3, 0.4) is 0 Å². The molecule has 34 heavy (non-hydrogen) atoms. The molecule has 0 fully saturated rings. The normalized spacial score (nSPS) is 14.9. The van der Waals surface area contributed by atoms with Crippen molar-refractivity contribution in [3.8, 4) is 5.69 Å². The predicted molar refractivity (Wildman–Crippen MR) is 136 cm³/mol. The fraction of sp³-hybridized carbons (Fsp3) is 0.308. The molecule has 2 aromatic carbocycles. The maximum absolute atomic E-state index is 13.5. The van der Waals surface area contributed by atoms with E-state index in [1.54, 1.807) is 15.4 Å². The molecule has 3 heterocycles. The molecule has 0 saturated heterocycles. The summed E-state index contributed by atoms with van der Waals surface area (Å²) < 4.78 is 3.40. The van der Waals surface area contributed by atoms with Crippen molar-refractivity contribution in [1.82, 2.24) is 19.3 Å². The van der Waals surface area contributed by atoms with E-state index in [0.717, 1.165) is 29.8 Å². The molecule has 0 bridgehead atoms. The standard InChI is InChI=1S/C26H27N5O2S/c1-3-4-14-29(19-8-6-5-7-9-19)23(32)15-21-17-34-26-28-24-22(25(33)30(21)26)16-27-31(24)20-12-10-18(2)11-13-20/h5-13,16,21H,3-4,14-15,17H2,1-2H3. The SMILES string of the molecule is CCCCN(C(=O)CC1CSc2nc3c(cnn3-c3ccc(C)cc3)c(=O)n21)c1ccccc1. The number of aryl methyl sites for hydroxylation is 1. The molecular weight excluding hydrogens is 446 g/mol. The smallest absolute Gasteiger partial charge is 0.265 e. The van der Waals surface area contributed by atoms with Gasteiger partial charge in [-0.2, -0.15) is 5.10 Å². The average molecular weight is 474 g/mol. The molecule has 174 valence electrons. The Labute approximate surface area is 202 Å². The van der Waals surface area contributed by atoms with Crippen LogP contribution in [0.4, 0.5) is 5.69 Å². The number of anilines is 1. The van der Waals surface area contributed by atoms with Crippen LogP contribution in [-0.2, 0) is 4.79 Å². The Hall–Kier alpha value is -3.39. The van der Waals surface area contributed by atoms with E-state index in [0.29, 0.717) is 28.5 Å². The summed E-state index contributed by atoms with van der Waals surface area (Å²) >= 11 is 1.52. The second-order valence-electron chi connectivity index (χ2n) is 8.60. The number of amides is 1. The molecule has 2 aromatic heterocycles. The number of rotatable bonds is 7. The number of para-hydroxylation sites is 1. The molecule has 1 atom stereocenters. The number of thioether (sulfide) groups is 1. The molecule has 0 spiro atoms. The quantitative estimate of drug-likeness (QED) is 0.362. The first-order chi connectivity index (χ1) is 16.6. The molecule has 5 rings (SSSR count). The number of carbonyl (C=O) groups is 1. The fourth-order valence-corrected chi connectivity index (χ4v) is 5.42. The van der Waals surface area contributed by atoms with Crippen LogP contribution in [-0.4, -0.2) is 37.5 Å². The molecule has 0 saturated carbocycles. The third-order valence-corrected chi connectivity index (χ3v) is 7.26. The largest absolute Gasteiger partial charge is 0.312 e. The highest BCUT2D eigenvalue weighted by atomic mass is 32.2. The van der Waals surface area contributed by atoms with E-state index in [1.807, 2.05) is 66.4 Å². The van der Waals surface area contributed by atoms with Gasteiger partial charge in [0.2, 0.25) is 5.91 Å². The Bertz CT molecular complexity index is 1380. The lowest BCUT2D eigenvalue weighted by molar-refractivity contribution is -0.119. The van der Waals surface area contributed by atoms with Gasteiger partial charge in [-0.1, -0.05) is 61.0 Å². The molecule has 0 radical (unpaired) electrons. The predicted octanol–water partition coefficient (Wildman–Crippen LogP) is 4.76. The van der Waals surface area contributed by atoms with Crippen molar-refractivity contribution < 1.29 is 4.79 Å². The maximum atomic E-state index is 13.5. The van der Waals surface area contributed by atoms with Crippen molar-refractivity contribution in [3.05, 3.63) is 76.7 Å². The summed E-state index contributed by atoms with van der Waals surface area (Å²) in [6.07, 6.45) is 3.77. The van der Waals surface area contributed by atoms with E-state index in [1.165, 1.54) is 11.8 Å². The number of unbranched alkanes of at least 4 members (excludes halogenated alkanes) is 1. The van der Waals surface area contributed by atoms with Crippen molar-refractivity contribution in [2.75, 3.05) is 17.2 Å². The first kappa shape index (κ1) is 22.4. The zero-order valence-electron chi connectivity index (χ0n) is 19.3. The molecule has 0 N–H and O–H groups in total. The summed E-state index contributed by atoms with van der Waals surface area (Å²) in [7, 11) is 0. The van der Waals surface area contributed by atoms with E-state index in [-0.39, 0.29) is 23.9 Å². The molecule has 8 heteroatoms. The topological polar surface area (TPSA) is 73.0 Å². The monoisotopic (exact) mass is 473 g/mol. The molecule has 1 aliphatic heterocycles. The van der Waals surface area contributed by atoms with Gasteiger partial charge in [0, 0.05) is 24.4 Å². The summed E-state index contributed by atoms with van der Waals surface area (Å²) in [6, 6.07) is 17.5. The van der Waals surface area contributed by atoms with Crippen molar-refractivity contribution in [1.29, 1.82) is 0 Å². The minimum Gasteiger partial charge on any atom is -0.312 e. The van der Waals surface area contributed by atoms with E-state index in [2.05, 4.69) is 12.0 Å². The summed E-state index contributed by atoms with van der Waals surface area (Å²) in [6.45, 7) is 4.81. The Balaban J connectivity index is 1.45. The second kappa shape index (κ2) is 9.46. The number of hydrogen-bond acceptors (Lipinski definition) is 5. The summed E-state index contributed by atoms with van der Waals surface area (Å²) in [5.41, 5.74) is 3.32. The molecule has 1 aliphatic rings. The molecule has 7 nitrogen and oxygen atoms in total. The van der Waals surface area contributed by atoms with Gasteiger partial charge in [-0.3, -0.25) is 14.2 Å². The lowest BCUT2D eigenvalue weighted by Gasteiger charge is -2.24. The van der Waals surface area contributed by atoms with Crippen LogP contribution in [0.25, 0.3) is 16.7 Å². The van der Waals surface area contributed by atoms with Crippen LogP contribution in [0, 0.1) is 6.92 Å². The van der Waals surface area contributed by atoms with Gasteiger partial charge < -0.3 is 4.90 Å². The lowest BCUT2D eigenvalue weighted by atomic mass is 10.1. The van der Waals surface area contributed by atoms with Gasteiger partial charge in [0.25, 0.3) is 5.56 Å². The van der Waals surface area contributed by atoms with E-state index < -0.39 is 0 Å². The van der Waals surface area contributed by atoms with E-state index >= 15 is 0 Å². The van der Waals surface area contributed by atoms with Gasteiger partial charge in [-0.05, 0) is 37.6 Å². The first-order valence-corrected chi connectivity index (χ1v) is 12.6. The third-order valence-electron chi connectivity index (χ3n) is 6.16. The van der Waals surface area contributed by atoms with Gasteiger partial charge in [0.1, 0.15) is 5.39 Å². The number of nitrogens with zero attached hydrogens (tertiary/aromatic N) is 5. The first-order valence-electron chi connectivity index (χ1n) is 11.6. The summed E-state index contributed by atoms with van der Waals surface area (Å²) in [5, 5.41) is 5.55. The summed E-state index contributed by atoms with van der Waals surface area (Å²) in [5.74, 6) is 0.676. The van der Waals surface area contributed by atoms with Gasteiger partial charge in [0.15, 0.2) is 10.8 Å². The number of aromatic nitrogens is 4. The van der Waals surface area contributed by atoms with Gasteiger partial charge in [-0.15, -0.1) is 0 Å². The minimum absolute atomic E-state index is 0.0282. The maximum Gasteiger partial charge on any atom is 0.265 e. The van der Waals surface area contributed by atoms with Crippen molar-refractivity contribution >= 4 is 34.4 Å². The van der Waals surface area contributed by atoms with E-state index in [9.17, 15) is 9.59 Å². The molecule has 0 aliphatic carbocycles. The van der Waals surface area contributed by atoms with Crippen molar-refractivity contribution in [3.63, 3.8) is 0 Å². The average Bonchev–Trinajstić information content (AvgIpc) is 3.46. The van der Waals surface area contributed by atoms with Crippen molar-refractivity contribution in [2.45, 2.75) is 44.3 Å². The Morgan fingerprint density at radius 2 is 1.91 bits per heavy atom. The number of hydrogen-bond donors (Lipinski definition) is 0. The van der Waals surface area contributed by atoms with Gasteiger partial charge >= 0.3 is 0 Å². The highest BCUT2D eigenvalue weighted by Gasteiger charge is 2.31. The minimum atomic E-state index is -0.229. The van der Waals surface area contributed by atoms with Crippen LogP contribution < -0.4 is 10.5 Å². The second-order valence-corrected chi connectivity index (χ2v) is 9.59. The summed E-state index contributed by atoms with van der Waals surface area (Å²) in [4.78, 5) is 33.5. The Kier molecular flexibility index (Phi) is 6.24. The van der Waals surface area contributed by atoms with Crippen LogP contribution in [0.15, 0.2) is 70.7 Å². The van der Waals surface area contributed by atoms with Crippen LogP contribution in [0.1, 0.15) is 37.8 Å². The van der Waals surface area contributed by atoms with Crippen LogP contribution >= 0.6 is 11.8 Å². The highest BCUT2D eigenvalue weighted by molar-refractivity contribution is 7.99. The molecule has 1 unspecified atom stereocenters. The van der Waals surface area contributed by atoms with Gasteiger partial charge in [-0.25, -0.2) is 9.67 Å². The molecule has 1 amide bonds. The fourth-order valence-electron chi connectivity index (χ4n) is 4.29. The third kappa shape index (κ3) is 4.14. The molecular formula is C26H27N5O2S. The number of carbonyl (C=O) groups excluding carboxylic acids is 1. The molecule has 4 aromatic rings. The van der Waals surface area contributed by atoms with E-state index in [4.69, 9.17) is 4.98 Å². The highest BCUT2D eigenvalue weighted by Crippen LogP contribution is 2.34. The number of benzene rings is 2. The number of fused-ring (bicyclic) bond motifs is 2. The van der Waals surface area contributed by atoms with Crippen LogP contribution in [0.5, 0.6) is 0 Å². The van der Waals surface area contributed by atoms with Crippen molar-refractivity contribution in [2.24, 2.45) is 0 Å².